The van der Waals surface area contributed by atoms with Crippen molar-refractivity contribution in [3.63, 3.8) is 0 Å². The Morgan fingerprint density at radius 2 is 2.00 bits per heavy atom. The van der Waals surface area contributed by atoms with Gasteiger partial charge in [-0.3, -0.25) is 4.79 Å². The van der Waals surface area contributed by atoms with Crippen molar-refractivity contribution < 1.29 is 4.79 Å². The molecule has 1 atom stereocenters. The minimum Gasteiger partial charge on any atom is -0.347 e. The van der Waals surface area contributed by atoms with Gasteiger partial charge in [-0.15, -0.1) is 0 Å². The van der Waals surface area contributed by atoms with Gasteiger partial charge in [0.15, 0.2) is 0 Å². The van der Waals surface area contributed by atoms with E-state index in [2.05, 4.69) is 41.2 Å². The fraction of sp³-hybridized carbons (Fsp3) is 0.333. The second-order valence-corrected chi connectivity index (χ2v) is 7.01. The summed E-state index contributed by atoms with van der Waals surface area (Å²) in [6.45, 7) is 6.98. The van der Waals surface area contributed by atoms with Crippen LogP contribution in [0.3, 0.4) is 0 Å². The van der Waals surface area contributed by atoms with Gasteiger partial charge in [-0.2, -0.15) is 5.10 Å². The molecule has 0 unspecified atom stereocenters. The molecule has 0 radical (unpaired) electrons. The molecule has 130 valence electrons. The Hall–Kier alpha value is -2.96. The first kappa shape index (κ1) is 16.9. The SMILES string of the molecule is CC(C)(C)[C@H](Cn1ccnc1)NC(=O)c1ccccc1-n1cncn1. The molecule has 0 fully saturated rings. The van der Waals surface area contributed by atoms with Crippen LogP contribution in [0, 0.1) is 5.41 Å². The first-order valence-electron chi connectivity index (χ1n) is 8.16. The normalized spacial score (nSPS) is 12.8. The van der Waals surface area contributed by atoms with Crippen LogP contribution in [-0.4, -0.2) is 36.3 Å². The average molecular weight is 338 g/mol. The molecule has 1 aromatic carbocycles. The molecule has 1 amide bonds. The fourth-order valence-corrected chi connectivity index (χ4v) is 2.58. The van der Waals surface area contributed by atoms with Crippen molar-refractivity contribution in [2.45, 2.75) is 33.4 Å². The summed E-state index contributed by atoms with van der Waals surface area (Å²) >= 11 is 0. The highest BCUT2D eigenvalue weighted by atomic mass is 16.1. The fourth-order valence-electron chi connectivity index (χ4n) is 2.58. The van der Waals surface area contributed by atoms with E-state index in [1.807, 2.05) is 29.0 Å². The summed E-state index contributed by atoms with van der Waals surface area (Å²) in [4.78, 5) is 21.0. The minimum atomic E-state index is -0.133. The van der Waals surface area contributed by atoms with Gasteiger partial charge in [-0.1, -0.05) is 32.9 Å². The van der Waals surface area contributed by atoms with Crippen molar-refractivity contribution in [3.8, 4) is 5.69 Å². The number of hydrogen-bond donors (Lipinski definition) is 1. The lowest BCUT2D eigenvalue weighted by molar-refractivity contribution is 0.0892. The Morgan fingerprint density at radius 3 is 2.64 bits per heavy atom. The number of nitrogens with one attached hydrogen (secondary N) is 1. The molecule has 3 aromatic rings. The molecule has 1 N–H and O–H groups in total. The number of para-hydroxylation sites is 1. The van der Waals surface area contributed by atoms with Crippen LogP contribution in [-0.2, 0) is 6.54 Å². The van der Waals surface area contributed by atoms with Crippen LogP contribution >= 0.6 is 0 Å². The number of carbonyl (C=O) groups is 1. The second kappa shape index (κ2) is 6.88. The van der Waals surface area contributed by atoms with Crippen LogP contribution in [0.5, 0.6) is 0 Å². The third kappa shape index (κ3) is 3.93. The monoisotopic (exact) mass is 338 g/mol. The molecule has 0 aliphatic heterocycles. The summed E-state index contributed by atoms with van der Waals surface area (Å²) in [5.74, 6) is -0.133. The largest absolute Gasteiger partial charge is 0.347 e. The summed E-state index contributed by atoms with van der Waals surface area (Å²) in [6.07, 6.45) is 8.43. The first-order chi connectivity index (χ1) is 11.9. The van der Waals surface area contributed by atoms with Gasteiger partial charge in [0.1, 0.15) is 12.7 Å². The van der Waals surface area contributed by atoms with E-state index in [0.717, 1.165) is 0 Å². The van der Waals surface area contributed by atoms with E-state index in [1.54, 1.807) is 29.6 Å². The zero-order chi connectivity index (χ0) is 17.9. The highest BCUT2D eigenvalue weighted by Gasteiger charge is 2.27. The lowest BCUT2D eigenvalue weighted by Crippen LogP contribution is -2.46. The van der Waals surface area contributed by atoms with Crippen molar-refractivity contribution in [2.24, 2.45) is 5.41 Å². The third-order valence-corrected chi connectivity index (χ3v) is 4.12. The molecule has 0 saturated heterocycles. The summed E-state index contributed by atoms with van der Waals surface area (Å²) in [7, 11) is 0. The molecular formula is C18H22N6O. The highest BCUT2D eigenvalue weighted by molar-refractivity contribution is 5.97. The topological polar surface area (TPSA) is 77.6 Å². The number of amides is 1. The zero-order valence-electron chi connectivity index (χ0n) is 14.6. The molecule has 0 aliphatic carbocycles. The second-order valence-electron chi connectivity index (χ2n) is 7.01. The van der Waals surface area contributed by atoms with Gasteiger partial charge in [-0.05, 0) is 17.5 Å². The van der Waals surface area contributed by atoms with Gasteiger partial charge in [0.2, 0.25) is 0 Å². The van der Waals surface area contributed by atoms with Gasteiger partial charge in [0, 0.05) is 18.9 Å². The first-order valence-corrected chi connectivity index (χ1v) is 8.16. The molecule has 2 aromatic heterocycles. The van der Waals surface area contributed by atoms with Crippen molar-refractivity contribution in [1.29, 1.82) is 0 Å². The lowest BCUT2D eigenvalue weighted by Gasteiger charge is -2.32. The van der Waals surface area contributed by atoms with Gasteiger partial charge < -0.3 is 9.88 Å². The molecule has 7 nitrogen and oxygen atoms in total. The maximum absolute atomic E-state index is 12.9. The molecule has 25 heavy (non-hydrogen) atoms. The smallest absolute Gasteiger partial charge is 0.253 e. The Bertz CT molecular complexity index is 818. The Labute approximate surface area is 146 Å². The van der Waals surface area contributed by atoms with Crippen LogP contribution < -0.4 is 5.32 Å². The van der Waals surface area contributed by atoms with E-state index >= 15 is 0 Å². The standard InChI is InChI=1S/C18H22N6O/c1-18(2,3)16(10-23-9-8-19-12-23)22-17(25)14-6-4-5-7-15(14)24-13-20-11-21-24/h4-9,11-13,16H,10H2,1-3H3,(H,22,25)/t16-/m0/s1. The molecule has 7 heteroatoms. The number of hydrogen-bond acceptors (Lipinski definition) is 4. The molecule has 2 heterocycles. The molecule has 0 saturated carbocycles. The third-order valence-electron chi connectivity index (χ3n) is 4.12. The number of rotatable bonds is 5. The molecule has 0 bridgehead atoms. The van der Waals surface area contributed by atoms with Crippen LogP contribution in [0.25, 0.3) is 5.69 Å². The van der Waals surface area contributed by atoms with E-state index in [0.29, 0.717) is 17.8 Å². The van der Waals surface area contributed by atoms with Crippen molar-refractivity contribution in [2.75, 3.05) is 0 Å². The predicted molar refractivity (Wildman–Crippen MR) is 94.3 cm³/mol. The van der Waals surface area contributed by atoms with E-state index in [-0.39, 0.29) is 17.4 Å². The number of carbonyl (C=O) groups excluding carboxylic acids is 1. The maximum Gasteiger partial charge on any atom is 0.253 e. The van der Waals surface area contributed by atoms with Gasteiger partial charge in [0.25, 0.3) is 5.91 Å². The van der Waals surface area contributed by atoms with Crippen molar-refractivity contribution in [3.05, 3.63) is 61.2 Å². The highest BCUT2D eigenvalue weighted by Crippen LogP contribution is 2.22. The minimum absolute atomic E-state index is 0.0574. The number of imidazole rings is 1. The lowest BCUT2D eigenvalue weighted by atomic mass is 9.86. The predicted octanol–water partition coefficient (Wildman–Crippen LogP) is 2.31. The Balaban J connectivity index is 1.85. The Kier molecular flexibility index (Phi) is 4.65. The molecule has 0 aliphatic rings. The molecular weight excluding hydrogens is 316 g/mol. The van der Waals surface area contributed by atoms with E-state index in [9.17, 15) is 4.79 Å². The summed E-state index contributed by atoms with van der Waals surface area (Å²) in [5, 5.41) is 7.30. The summed E-state index contributed by atoms with van der Waals surface area (Å²) < 4.78 is 3.57. The van der Waals surface area contributed by atoms with Gasteiger partial charge in [0.05, 0.1) is 23.6 Å². The van der Waals surface area contributed by atoms with E-state index in [1.165, 1.54) is 6.33 Å². The summed E-state index contributed by atoms with van der Waals surface area (Å²) in [6, 6.07) is 7.31. The van der Waals surface area contributed by atoms with Crippen LogP contribution in [0.1, 0.15) is 31.1 Å². The molecule has 3 rings (SSSR count). The number of nitrogens with zero attached hydrogens (tertiary/aromatic N) is 5. The quantitative estimate of drug-likeness (QED) is 0.774. The van der Waals surface area contributed by atoms with E-state index in [4.69, 9.17) is 0 Å². The van der Waals surface area contributed by atoms with Gasteiger partial charge >= 0.3 is 0 Å². The zero-order valence-corrected chi connectivity index (χ0v) is 14.6. The van der Waals surface area contributed by atoms with Crippen LogP contribution in [0.4, 0.5) is 0 Å². The van der Waals surface area contributed by atoms with Crippen LogP contribution in [0.15, 0.2) is 55.6 Å². The number of benzene rings is 1. The van der Waals surface area contributed by atoms with Crippen molar-refractivity contribution in [1.82, 2.24) is 29.6 Å². The average Bonchev–Trinajstić information content (AvgIpc) is 3.27. The summed E-state index contributed by atoms with van der Waals surface area (Å²) in [5.41, 5.74) is 1.16. The van der Waals surface area contributed by atoms with Crippen molar-refractivity contribution >= 4 is 5.91 Å². The van der Waals surface area contributed by atoms with Crippen LogP contribution in [0.2, 0.25) is 0 Å². The Morgan fingerprint density at radius 1 is 1.20 bits per heavy atom. The van der Waals surface area contributed by atoms with E-state index < -0.39 is 0 Å². The van der Waals surface area contributed by atoms with Gasteiger partial charge in [-0.25, -0.2) is 14.6 Å². The molecule has 0 spiro atoms. The number of aromatic nitrogens is 5. The maximum atomic E-state index is 12.9.